The monoisotopic (exact) mass is 278 g/mol. The van der Waals surface area contributed by atoms with Crippen LogP contribution in [0.2, 0.25) is 0 Å². The highest BCUT2D eigenvalue weighted by Crippen LogP contribution is 1.78. The molecule has 0 aromatic rings. The molecule has 0 radical (unpaired) electrons. The summed E-state index contributed by atoms with van der Waals surface area (Å²) in [6.45, 7) is 18.8. The molecule has 0 aliphatic carbocycles. The van der Waals surface area contributed by atoms with Gasteiger partial charge in [-0.2, -0.15) is 0 Å². The summed E-state index contributed by atoms with van der Waals surface area (Å²) in [5.74, 6) is -0.551. The van der Waals surface area contributed by atoms with Crippen molar-refractivity contribution in [2.45, 2.75) is 48.6 Å². The predicted molar refractivity (Wildman–Crippen MR) is 92.6 cm³/mol. The molecule has 0 heterocycles. The van der Waals surface area contributed by atoms with E-state index in [4.69, 9.17) is 11.5 Å². The van der Waals surface area contributed by atoms with Crippen LogP contribution in [-0.2, 0) is 9.59 Å². The van der Waals surface area contributed by atoms with Gasteiger partial charge in [0.2, 0.25) is 5.91 Å². The van der Waals surface area contributed by atoms with E-state index in [1.54, 1.807) is 0 Å². The van der Waals surface area contributed by atoms with Gasteiger partial charge in [0.1, 0.15) is 6.29 Å². The summed E-state index contributed by atoms with van der Waals surface area (Å²) in [7, 11) is 0. The Morgan fingerprint density at radius 3 is 1.42 bits per heavy atom. The molecule has 120 valence electrons. The molecular formula is C15H38N2O2. The molecule has 0 saturated heterocycles. The molecule has 0 rings (SSSR count). The summed E-state index contributed by atoms with van der Waals surface area (Å²) in [5.41, 5.74) is 9.70. The van der Waals surface area contributed by atoms with E-state index in [0.29, 0.717) is 6.29 Å². The maximum atomic E-state index is 9.95. The van der Waals surface area contributed by atoms with Gasteiger partial charge in [0.25, 0.3) is 0 Å². The molecule has 0 spiro atoms. The highest BCUT2D eigenvalue weighted by molar-refractivity contribution is 5.78. The number of rotatable bonds is 3. The first-order valence-corrected chi connectivity index (χ1v) is 4.16. The van der Waals surface area contributed by atoms with Gasteiger partial charge in [-0.25, -0.2) is 0 Å². The van der Waals surface area contributed by atoms with Crippen molar-refractivity contribution in [3.05, 3.63) is 40.2 Å². The summed E-state index contributed by atoms with van der Waals surface area (Å²) in [5, 5.41) is 0. The lowest BCUT2D eigenvalue weighted by atomic mass is 10.2. The Bertz CT molecular complexity index is 138. The van der Waals surface area contributed by atoms with E-state index >= 15 is 0 Å². The molecule has 0 aliphatic rings. The van der Waals surface area contributed by atoms with E-state index in [0.717, 1.165) is 6.42 Å². The summed E-state index contributed by atoms with van der Waals surface area (Å²) in [6.07, 6.45) is 1.17. The second kappa shape index (κ2) is 70.7. The lowest BCUT2D eigenvalue weighted by molar-refractivity contribution is -0.120. The van der Waals surface area contributed by atoms with Crippen molar-refractivity contribution in [2.24, 2.45) is 11.5 Å². The minimum Gasteiger partial charge on any atom is -0.370 e. The zero-order chi connectivity index (χ0) is 13.3. The molecule has 0 unspecified atom stereocenters. The number of carbonyl (C=O) groups is 2. The minimum absolute atomic E-state index is 0. The van der Waals surface area contributed by atoms with Gasteiger partial charge in [-0.15, -0.1) is 26.3 Å². The van der Waals surface area contributed by atoms with Crippen LogP contribution in [0.15, 0.2) is 26.3 Å². The van der Waals surface area contributed by atoms with Gasteiger partial charge in [0.15, 0.2) is 0 Å². The van der Waals surface area contributed by atoms with Crippen LogP contribution in [0.25, 0.3) is 0 Å². The molecule has 0 fully saturated rings. The number of carbonyl (C=O) groups excluding carboxylic acids is 2. The maximum Gasteiger partial charge on any atom is 0.219 e. The third kappa shape index (κ3) is 173. The van der Waals surface area contributed by atoms with E-state index in [1.807, 2.05) is 0 Å². The van der Waals surface area contributed by atoms with Crippen molar-refractivity contribution in [3.8, 4) is 0 Å². The van der Waals surface area contributed by atoms with E-state index in [-0.39, 0.29) is 36.1 Å². The smallest absolute Gasteiger partial charge is 0.219 e. The second-order valence-corrected chi connectivity index (χ2v) is 1.82. The van der Waals surface area contributed by atoms with Gasteiger partial charge in [0.05, 0.1) is 6.04 Å². The van der Waals surface area contributed by atoms with Crippen LogP contribution in [0.4, 0.5) is 0 Å². The van der Waals surface area contributed by atoms with Crippen molar-refractivity contribution in [1.29, 1.82) is 0 Å². The highest BCUT2D eigenvalue weighted by atomic mass is 16.1. The fourth-order valence-electron chi connectivity index (χ4n) is 0.280. The van der Waals surface area contributed by atoms with Gasteiger partial charge in [-0.1, -0.05) is 29.7 Å². The first-order valence-electron chi connectivity index (χ1n) is 4.16. The van der Waals surface area contributed by atoms with Gasteiger partial charge >= 0.3 is 0 Å². The zero-order valence-electron chi connectivity index (χ0n) is 9.28. The third-order valence-corrected chi connectivity index (χ3v) is 0.612. The summed E-state index contributed by atoms with van der Waals surface area (Å²) >= 11 is 0. The van der Waals surface area contributed by atoms with Crippen LogP contribution >= 0.6 is 0 Å². The molecule has 1 atom stereocenters. The van der Waals surface area contributed by atoms with Gasteiger partial charge in [-0.05, 0) is 6.42 Å². The van der Waals surface area contributed by atoms with Crippen molar-refractivity contribution >= 4 is 12.2 Å². The number of hydrogen-bond acceptors (Lipinski definition) is 3. The van der Waals surface area contributed by atoms with Crippen LogP contribution in [0.1, 0.15) is 42.5 Å². The lowest BCUT2D eigenvalue weighted by Crippen LogP contribution is -2.28. The zero-order valence-corrected chi connectivity index (χ0v) is 9.28. The molecule has 0 saturated carbocycles. The normalized spacial score (nSPS) is 6.63. The fourth-order valence-corrected chi connectivity index (χ4v) is 0.280. The molecule has 4 N–H and O–H groups in total. The molecule has 4 heteroatoms. The average molecular weight is 278 g/mol. The Morgan fingerprint density at radius 1 is 1.16 bits per heavy atom. The Kier molecular flexibility index (Phi) is 197. The van der Waals surface area contributed by atoms with Crippen molar-refractivity contribution < 1.29 is 9.59 Å². The Morgan fingerprint density at radius 2 is 1.37 bits per heavy atom. The van der Waals surface area contributed by atoms with Crippen molar-refractivity contribution in [3.63, 3.8) is 0 Å². The van der Waals surface area contributed by atoms with E-state index < -0.39 is 11.9 Å². The number of hydrogen-bond donors (Lipinski definition) is 2. The predicted octanol–water partition coefficient (Wildman–Crippen LogP) is 3.58. The Labute approximate surface area is 123 Å². The molecule has 4 nitrogen and oxygen atoms in total. The standard InChI is InChI=1S/C4H8N2O2.C3H6.2C2H4.4CH4/c5-3(2-7)1-4(6)8;1-3-2;2*1-2;;;;/h2-3H,1,5H2,(H2,6,8);1-3H2;2*1-2H2;4*1H4/t3-;;;;;;;/m1......./s1. The van der Waals surface area contributed by atoms with Crippen molar-refractivity contribution in [2.75, 3.05) is 0 Å². The topological polar surface area (TPSA) is 86.2 Å². The van der Waals surface area contributed by atoms with Crippen LogP contribution in [0.5, 0.6) is 0 Å². The summed E-state index contributed by atoms with van der Waals surface area (Å²) in [6, 6.07) is -0.729. The van der Waals surface area contributed by atoms with Crippen LogP contribution in [0, 0.1) is 13.8 Å². The van der Waals surface area contributed by atoms with E-state index in [1.165, 1.54) is 0 Å². The molecule has 19 heavy (non-hydrogen) atoms. The van der Waals surface area contributed by atoms with E-state index in [9.17, 15) is 9.59 Å². The fraction of sp³-hybridized carbons (Fsp3) is 0.467. The van der Waals surface area contributed by atoms with Crippen LogP contribution in [-0.4, -0.2) is 18.2 Å². The first-order chi connectivity index (χ1) is 7.08. The van der Waals surface area contributed by atoms with Crippen LogP contribution < -0.4 is 11.5 Å². The number of nitrogens with two attached hydrogens (primary N) is 2. The molecule has 1 amide bonds. The SMILES string of the molecule is C.C.C.C.C=C.C=C.NC(=O)C[C@@H](N)C=O.[CH2+]C[CH2-]. The lowest BCUT2D eigenvalue weighted by Gasteiger charge is -1.95. The Balaban J connectivity index is -0.0000000161. The van der Waals surface area contributed by atoms with Crippen LogP contribution in [0.3, 0.4) is 0 Å². The van der Waals surface area contributed by atoms with E-state index in [2.05, 4.69) is 40.2 Å². The molecule has 0 bridgehead atoms. The van der Waals surface area contributed by atoms with Gasteiger partial charge in [-0.3, -0.25) is 11.7 Å². The first kappa shape index (κ1) is 52.9. The van der Waals surface area contributed by atoms with Gasteiger partial charge in [0, 0.05) is 13.3 Å². The number of primary amides is 1. The Hall–Kier alpha value is -1.55. The van der Waals surface area contributed by atoms with Crippen molar-refractivity contribution in [1.82, 2.24) is 0 Å². The molecule has 0 aliphatic heterocycles. The number of aldehydes is 1. The number of amides is 1. The molecular weight excluding hydrogens is 240 g/mol. The quantitative estimate of drug-likeness (QED) is 0.470. The third-order valence-electron chi connectivity index (χ3n) is 0.612. The second-order valence-electron chi connectivity index (χ2n) is 1.82. The maximum absolute atomic E-state index is 9.95. The summed E-state index contributed by atoms with van der Waals surface area (Å²) in [4.78, 5) is 19.7. The minimum atomic E-state index is -0.729. The highest BCUT2D eigenvalue weighted by Gasteiger charge is 2.02. The largest absolute Gasteiger partial charge is 0.370 e. The molecule has 0 aromatic carbocycles. The average Bonchev–Trinajstić information content (AvgIpc) is 2.24. The summed E-state index contributed by atoms with van der Waals surface area (Å²) < 4.78 is 0. The molecule has 0 aromatic heterocycles. The van der Waals surface area contributed by atoms with Gasteiger partial charge < -0.3 is 16.3 Å².